The average molecular weight is 320 g/mol. The Labute approximate surface area is 120 Å². The highest BCUT2D eigenvalue weighted by Gasteiger charge is 2.22. The van der Waals surface area contributed by atoms with Crippen LogP contribution < -0.4 is 0 Å². The fourth-order valence-electron chi connectivity index (χ4n) is 2.49. The SMILES string of the molecule is O=C(c1ccoc1Br)N1CCc2ccccc2CC1. The van der Waals surface area contributed by atoms with Crippen LogP contribution in [0.4, 0.5) is 0 Å². The Kier molecular flexibility index (Phi) is 3.42. The zero-order chi connectivity index (χ0) is 13.2. The standard InChI is InChI=1S/C15H14BrNO2/c16-14-13(7-10-19-14)15(18)17-8-5-11-3-1-2-4-12(11)6-9-17/h1-4,7,10H,5-6,8-9H2. The fraction of sp³-hybridized carbons (Fsp3) is 0.267. The Morgan fingerprint density at radius 3 is 2.26 bits per heavy atom. The lowest BCUT2D eigenvalue weighted by atomic mass is 10.0. The monoisotopic (exact) mass is 319 g/mol. The number of nitrogens with zero attached hydrogens (tertiary/aromatic N) is 1. The van der Waals surface area contributed by atoms with Gasteiger partial charge in [-0.1, -0.05) is 24.3 Å². The lowest BCUT2D eigenvalue weighted by molar-refractivity contribution is 0.0761. The first kappa shape index (κ1) is 12.5. The van der Waals surface area contributed by atoms with E-state index in [1.165, 1.54) is 17.4 Å². The number of carbonyl (C=O) groups excluding carboxylic acids is 1. The van der Waals surface area contributed by atoms with Gasteiger partial charge in [-0.25, -0.2) is 0 Å². The summed E-state index contributed by atoms with van der Waals surface area (Å²) in [5, 5.41) is 0. The third-order valence-electron chi connectivity index (χ3n) is 3.56. The van der Waals surface area contributed by atoms with Crippen molar-refractivity contribution < 1.29 is 9.21 Å². The molecule has 1 aliphatic heterocycles. The van der Waals surface area contributed by atoms with Gasteiger partial charge < -0.3 is 9.32 Å². The zero-order valence-corrected chi connectivity index (χ0v) is 12.0. The van der Waals surface area contributed by atoms with Crippen LogP contribution in [0.2, 0.25) is 0 Å². The average Bonchev–Trinajstić information content (AvgIpc) is 2.74. The van der Waals surface area contributed by atoms with Gasteiger partial charge in [0.25, 0.3) is 5.91 Å². The van der Waals surface area contributed by atoms with Crippen LogP contribution in [0.3, 0.4) is 0 Å². The number of carbonyl (C=O) groups is 1. The van der Waals surface area contributed by atoms with Crippen LogP contribution in [-0.2, 0) is 12.8 Å². The third-order valence-corrected chi connectivity index (χ3v) is 4.17. The minimum atomic E-state index is 0.0356. The maximum atomic E-state index is 12.4. The lowest BCUT2D eigenvalue weighted by Gasteiger charge is -2.19. The number of hydrogen-bond acceptors (Lipinski definition) is 2. The summed E-state index contributed by atoms with van der Waals surface area (Å²) < 4.78 is 5.65. The molecule has 1 aromatic heterocycles. The van der Waals surface area contributed by atoms with Crippen LogP contribution in [0.25, 0.3) is 0 Å². The molecule has 19 heavy (non-hydrogen) atoms. The predicted octanol–water partition coefficient (Wildman–Crippen LogP) is 3.28. The van der Waals surface area contributed by atoms with E-state index < -0.39 is 0 Å². The highest BCUT2D eigenvalue weighted by Crippen LogP contribution is 2.22. The van der Waals surface area contributed by atoms with Crippen molar-refractivity contribution in [1.82, 2.24) is 4.90 Å². The largest absolute Gasteiger partial charge is 0.457 e. The van der Waals surface area contributed by atoms with Crippen LogP contribution in [0.15, 0.2) is 45.7 Å². The van der Waals surface area contributed by atoms with Gasteiger partial charge in [-0.3, -0.25) is 4.79 Å². The van der Waals surface area contributed by atoms with E-state index in [0.717, 1.165) is 25.9 Å². The van der Waals surface area contributed by atoms with E-state index in [-0.39, 0.29) is 5.91 Å². The molecular weight excluding hydrogens is 306 g/mol. The van der Waals surface area contributed by atoms with Gasteiger partial charge in [0, 0.05) is 13.1 Å². The second-order valence-electron chi connectivity index (χ2n) is 4.67. The van der Waals surface area contributed by atoms with E-state index in [1.54, 1.807) is 6.07 Å². The van der Waals surface area contributed by atoms with Crippen molar-refractivity contribution in [3.8, 4) is 0 Å². The predicted molar refractivity (Wildman–Crippen MR) is 76.2 cm³/mol. The van der Waals surface area contributed by atoms with Gasteiger partial charge in [0.1, 0.15) is 0 Å². The van der Waals surface area contributed by atoms with Crippen LogP contribution in [0, 0.1) is 0 Å². The summed E-state index contributed by atoms with van der Waals surface area (Å²) in [4.78, 5) is 14.3. The molecule has 0 saturated carbocycles. The van der Waals surface area contributed by atoms with Crippen molar-refractivity contribution in [1.29, 1.82) is 0 Å². The van der Waals surface area contributed by atoms with Crippen molar-refractivity contribution in [3.63, 3.8) is 0 Å². The Balaban J connectivity index is 1.79. The van der Waals surface area contributed by atoms with Crippen LogP contribution in [-0.4, -0.2) is 23.9 Å². The molecule has 0 bridgehead atoms. The Hall–Kier alpha value is -1.55. The second-order valence-corrected chi connectivity index (χ2v) is 5.39. The number of fused-ring (bicyclic) bond motifs is 1. The molecule has 98 valence electrons. The quantitative estimate of drug-likeness (QED) is 0.808. The molecule has 1 amide bonds. The summed E-state index contributed by atoms with van der Waals surface area (Å²) in [6.07, 6.45) is 3.36. The molecule has 0 spiro atoms. The van der Waals surface area contributed by atoms with Gasteiger partial charge in [0.05, 0.1) is 11.8 Å². The molecule has 0 saturated heterocycles. The normalized spacial score (nSPS) is 14.9. The molecular formula is C15H14BrNO2. The smallest absolute Gasteiger partial charge is 0.258 e. The molecule has 3 nitrogen and oxygen atoms in total. The fourth-order valence-corrected chi connectivity index (χ4v) is 2.90. The number of hydrogen-bond donors (Lipinski definition) is 0. The Morgan fingerprint density at radius 2 is 1.74 bits per heavy atom. The zero-order valence-electron chi connectivity index (χ0n) is 10.4. The number of furan rings is 1. The van der Waals surface area contributed by atoms with E-state index in [9.17, 15) is 4.79 Å². The van der Waals surface area contributed by atoms with Gasteiger partial charge >= 0.3 is 0 Å². The van der Waals surface area contributed by atoms with Crippen molar-refractivity contribution in [2.75, 3.05) is 13.1 Å². The van der Waals surface area contributed by atoms with E-state index in [4.69, 9.17) is 4.42 Å². The van der Waals surface area contributed by atoms with Gasteiger partial charge in [-0.15, -0.1) is 0 Å². The van der Waals surface area contributed by atoms with Gasteiger partial charge in [-0.05, 0) is 46.0 Å². The highest BCUT2D eigenvalue weighted by atomic mass is 79.9. The van der Waals surface area contributed by atoms with Gasteiger partial charge in [0.2, 0.25) is 0 Å². The highest BCUT2D eigenvalue weighted by molar-refractivity contribution is 9.10. The first-order chi connectivity index (χ1) is 9.25. The van der Waals surface area contributed by atoms with Crippen LogP contribution in [0.5, 0.6) is 0 Å². The summed E-state index contributed by atoms with van der Waals surface area (Å²) in [7, 11) is 0. The minimum absolute atomic E-state index is 0.0356. The van der Waals surface area contributed by atoms with E-state index >= 15 is 0 Å². The van der Waals surface area contributed by atoms with Crippen molar-refractivity contribution in [2.24, 2.45) is 0 Å². The second kappa shape index (κ2) is 5.21. The van der Waals surface area contributed by atoms with E-state index in [2.05, 4.69) is 40.2 Å². The van der Waals surface area contributed by atoms with Crippen molar-refractivity contribution in [3.05, 3.63) is 58.0 Å². The number of halogens is 1. The van der Waals surface area contributed by atoms with Crippen molar-refractivity contribution in [2.45, 2.75) is 12.8 Å². The number of benzene rings is 1. The van der Waals surface area contributed by atoms with Gasteiger partial charge in [0.15, 0.2) is 4.67 Å². The molecule has 0 unspecified atom stereocenters. The molecule has 2 aromatic rings. The molecule has 1 aliphatic rings. The molecule has 1 aromatic carbocycles. The summed E-state index contributed by atoms with van der Waals surface area (Å²) >= 11 is 3.27. The summed E-state index contributed by atoms with van der Waals surface area (Å²) in [5.74, 6) is 0.0356. The molecule has 0 N–H and O–H groups in total. The molecule has 0 radical (unpaired) electrons. The summed E-state index contributed by atoms with van der Waals surface area (Å²) in [5.41, 5.74) is 3.30. The van der Waals surface area contributed by atoms with Crippen molar-refractivity contribution >= 4 is 21.8 Å². The van der Waals surface area contributed by atoms with E-state index in [0.29, 0.717) is 10.2 Å². The third kappa shape index (κ3) is 2.45. The maximum absolute atomic E-state index is 12.4. The molecule has 2 heterocycles. The lowest BCUT2D eigenvalue weighted by Crippen LogP contribution is -2.33. The Bertz CT molecular complexity index is 579. The molecule has 0 fully saturated rings. The summed E-state index contributed by atoms with van der Waals surface area (Å²) in [6, 6.07) is 10.1. The first-order valence-electron chi connectivity index (χ1n) is 6.35. The maximum Gasteiger partial charge on any atom is 0.258 e. The van der Waals surface area contributed by atoms with Crippen LogP contribution in [0.1, 0.15) is 21.5 Å². The van der Waals surface area contributed by atoms with Crippen LogP contribution >= 0.6 is 15.9 Å². The van der Waals surface area contributed by atoms with E-state index in [1.807, 2.05) is 4.90 Å². The summed E-state index contributed by atoms with van der Waals surface area (Å²) in [6.45, 7) is 1.51. The number of rotatable bonds is 1. The Morgan fingerprint density at radius 1 is 1.11 bits per heavy atom. The number of amides is 1. The molecule has 3 rings (SSSR count). The molecule has 0 aliphatic carbocycles. The molecule has 4 heteroatoms. The minimum Gasteiger partial charge on any atom is -0.457 e. The first-order valence-corrected chi connectivity index (χ1v) is 7.14. The topological polar surface area (TPSA) is 33.5 Å². The van der Waals surface area contributed by atoms with Gasteiger partial charge in [-0.2, -0.15) is 0 Å². The molecule has 0 atom stereocenters.